The van der Waals surface area contributed by atoms with Gasteiger partial charge in [0.1, 0.15) is 6.33 Å². The maximum absolute atomic E-state index is 5.09. The van der Waals surface area contributed by atoms with Crippen molar-refractivity contribution in [3.63, 3.8) is 0 Å². The molecular weight excluding hydrogens is 214 g/mol. The molecule has 0 atom stereocenters. The molecule has 0 bridgehead atoms. The van der Waals surface area contributed by atoms with Crippen LogP contribution in [0, 0.1) is 13.8 Å². The van der Waals surface area contributed by atoms with Crippen LogP contribution in [0.5, 0.6) is 0 Å². The smallest absolute Gasteiger partial charge is 0.164 e. The average Bonchev–Trinajstić information content (AvgIpc) is 2.74. The molecule has 4 heteroatoms. The Bertz CT molecular complexity index is 485. The Labute approximate surface area is 101 Å². The minimum atomic E-state index is 0.663. The second-order valence-electron chi connectivity index (χ2n) is 4.11. The standard InChI is InChI=1S/C13H17N3O/c1-10-5-4-6-11(2)12(10)13-15-14-9-16(13)7-8-17-3/h4-6,9H,7-8H2,1-3H3. The first kappa shape index (κ1) is 11.8. The summed E-state index contributed by atoms with van der Waals surface area (Å²) in [6, 6.07) is 6.25. The third-order valence-electron chi connectivity index (χ3n) is 2.86. The lowest BCUT2D eigenvalue weighted by Gasteiger charge is -2.10. The van der Waals surface area contributed by atoms with Crippen molar-refractivity contribution >= 4 is 0 Å². The van der Waals surface area contributed by atoms with E-state index < -0.39 is 0 Å². The first-order chi connectivity index (χ1) is 8.24. The minimum absolute atomic E-state index is 0.663. The molecule has 2 aromatic rings. The lowest BCUT2D eigenvalue weighted by molar-refractivity contribution is 0.187. The number of methoxy groups -OCH3 is 1. The SMILES string of the molecule is COCCn1cnnc1-c1c(C)cccc1C. The molecule has 2 rings (SSSR count). The van der Waals surface area contributed by atoms with Crippen LogP contribution in [0.3, 0.4) is 0 Å². The number of hydrogen-bond donors (Lipinski definition) is 0. The number of aromatic nitrogens is 3. The van der Waals surface area contributed by atoms with Gasteiger partial charge in [0.05, 0.1) is 6.61 Å². The Balaban J connectivity index is 2.43. The lowest BCUT2D eigenvalue weighted by atomic mass is 10.0. The topological polar surface area (TPSA) is 39.9 Å². The Kier molecular flexibility index (Phi) is 3.54. The molecule has 0 unspecified atom stereocenters. The predicted octanol–water partition coefficient (Wildman–Crippen LogP) is 2.21. The zero-order valence-electron chi connectivity index (χ0n) is 10.5. The Morgan fingerprint density at radius 3 is 2.59 bits per heavy atom. The molecule has 0 saturated carbocycles. The highest BCUT2D eigenvalue weighted by atomic mass is 16.5. The van der Waals surface area contributed by atoms with Gasteiger partial charge in [-0.25, -0.2) is 0 Å². The number of hydrogen-bond acceptors (Lipinski definition) is 3. The molecule has 0 saturated heterocycles. The highest BCUT2D eigenvalue weighted by Gasteiger charge is 2.11. The van der Waals surface area contributed by atoms with Crippen molar-refractivity contribution in [3.8, 4) is 11.4 Å². The van der Waals surface area contributed by atoms with E-state index in [-0.39, 0.29) is 0 Å². The fraction of sp³-hybridized carbons (Fsp3) is 0.385. The van der Waals surface area contributed by atoms with Gasteiger partial charge in [-0.15, -0.1) is 10.2 Å². The number of benzene rings is 1. The van der Waals surface area contributed by atoms with Crippen LogP contribution in [0.1, 0.15) is 11.1 Å². The van der Waals surface area contributed by atoms with Crippen molar-refractivity contribution in [2.24, 2.45) is 0 Å². The Morgan fingerprint density at radius 2 is 1.94 bits per heavy atom. The maximum atomic E-state index is 5.09. The highest BCUT2D eigenvalue weighted by Crippen LogP contribution is 2.24. The summed E-state index contributed by atoms with van der Waals surface area (Å²) in [6.45, 7) is 5.62. The van der Waals surface area contributed by atoms with E-state index in [4.69, 9.17) is 4.74 Å². The summed E-state index contributed by atoms with van der Waals surface area (Å²) in [6.07, 6.45) is 1.75. The molecule has 0 spiro atoms. The van der Waals surface area contributed by atoms with Gasteiger partial charge in [-0.3, -0.25) is 0 Å². The van der Waals surface area contributed by atoms with Crippen LogP contribution in [-0.4, -0.2) is 28.5 Å². The van der Waals surface area contributed by atoms with Crippen molar-refractivity contribution in [2.45, 2.75) is 20.4 Å². The maximum Gasteiger partial charge on any atom is 0.164 e. The van der Waals surface area contributed by atoms with Gasteiger partial charge in [0.25, 0.3) is 0 Å². The van der Waals surface area contributed by atoms with Gasteiger partial charge in [0.2, 0.25) is 0 Å². The van der Waals surface area contributed by atoms with E-state index >= 15 is 0 Å². The number of rotatable bonds is 4. The summed E-state index contributed by atoms with van der Waals surface area (Å²) in [5.74, 6) is 0.914. The van der Waals surface area contributed by atoms with Crippen molar-refractivity contribution < 1.29 is 4.74 Å². The van der Waals surface area contributed by atoms with Crippen LogP contribution < -0.4 is 0 Å². The molecule has 0 aliphatic rings. The third kappa shape index (κ3) is 2.36. The molecule has 1 aromatic heterocycles. The molecule has 0 N–H and O–H groups in total. The van der Waals surface area contributed by atoms with E-state index in [1.165, 1.54) is 16.7 Å². The van der Waals surface area contributed by atoms with Crippen LogP contribution in [0.2, 0.25) is 0 Å². The summed E-state index contributed by atoms with van der Waals surface area (Å²) < 4.78 is 7.12. The second-order valence-corrected chi connectivity index (χ2v) is 4.11. The number of ether oxygens (including phenoxy) is 1. The molecule has 0 aliphatic carbocycles. The molecular formula is C13H17N3O. The lowest BCUT2D eigenvalue weighted by Crippen LogP contribution is -2.06. The summed E-state index contributed by atoms with van der Waals surface area (Å²) in [5.41, 5.74) is 3.61. The average molecular weight is 231 g/mol. The van der Waals surface area contributed by atoms with E-state index in [0.717, 1.165) is 12.4 Å². The second kappa shape index (κ2) is 5.10. The monoisotopic (exact) mass is 231 g/mol. The van der Waals surface area contributed by atoms with Gasteiger partial charge in [-0.05, 0) is 25.0 Å². The van der Waals surface area contributed by atoms with Gasteiger partial charge < -0.3 is 9.30 Å². The summed E-state index contributed by atoms with van der Waals surface area (Å²) in [4.78, 5) is 0. The van der Waals surface area contributed by atoms with E-state index in [1.807, 2.05) is 4.57 Å². The van der Waals surface area contributed by atoms with E-state index in [2.05, 4.69) is 42.2 Å². The van der Waals surface area contributed by atoms with Crippen LogP contribution in [-0.2, 0) is 11.3 Å². The predicted molar refractivity (Wildman–Crippen MR) is 66.8 cm³/mol. The van der Waals surface area contributed by atoms with Crippen molar-refractivity contribution in [1.29, 1.82) is 0 Å². The Hall–Kier alpha value is -1.68. The molecule has 0 amide bonds. The van der Waals surface area contributed by atoms with Crippen molar-refractivity contribution in [2.75, 3.05) is 13.7 Å². The normalized spacial score (nSPS) is 10.8. The van der Waals surface area contributed by atoms with Gasteiger partial charge >= 0.3 is 0 Å². The Morgan fingerprint density at radius 1 is 1.24 bits per heavy atom. The first-order valence-electron chi connectivity index (χ1n) is 5.67. The largest absolute Gasteiger partial charge is 0.383 e. The van der Waals surface area contributed by atoms with Gasteiger partial charge in [0.15, 0.2) is 5.82 Å². The van der Waals surface area contributed by atoms with Crippen LogP contribution >= 0.6 is 0 Å². The highest BCUT2D eigenvalue weighted by molar-refractivity contribution is 5.64. The summed E-state index contributed by atoms with van der Waals surface area (Å²) in [5, 5.41) is 8.21. The van der Waals surface area contributed by atoms with Gasteiger partial charge in [-0.2, -0.15) is 0 Å². The molecule has 0 aliphatic heterocycles. The summed E-state index contributed by atoms with van der Waals surface area (Å²) in [7, 11) is 1.70. The molecule has 0 fully saturated rings. The van der Waals surface area contributed by atoms with Gasteiger partial charge in [-0.1, -0.05) is 18.2 Å². The van der Waals surface area contributed by atoms with Crippen LogP contribution in [0.25, 0.3) is 11.4 Å². The van der Waals surface area contributed by atoms with E-state index in [9.17, 15) is 0 Å². The van der Waals surface area contributed by atoms with Crippen LogP contribution in [0.15, 0.2) is 24.5 Å². The zero-order valence-corrected chi connectivity index (χ0v) is 10.5. The molecule has 0 radical (unpaired) electrons. The van der Waals surface area contributed by atoms with Crippen molar-refractivity contribution in [1.82, 2.24) is 14.8 Å². The molecule has 4 nitrogen and oxygen atoms in total. The molecule has 17 heavy (non-hydrogen) atoms. The fourth-order valence-electron chi connectivity index (χ4n) is 1.97. The molecule has 1 heterocycles. The van der Waals surface area contributed by atoms with E-state index in [1.54, 1.807) is 13.4 Å². The molecule has 90 valence electrons. The number of aryl methyl sites for hydroxylation is 2. The zero-order chi connectivity index (χ0) is 12.3. The first-order valence-corrected chi connectivity index (χ1v) is 5.67. The van der Waals surface area contributed by atoms with E-state index in [0.29, 0.717) is 6.61 Å². The minimum Gasteiger partial charge on any atom is -0.383 e. The summed E-state index contributed by atoms with van der Waals surface area (Å²) >= 11 is 0. The van der Waals surface area contributed by atoms with Crippen molar-refractivity contribution in [3.05, 3.63) is 35.7 Å². The fourth-order valence-corrected chi connectivity index (χ4v) is 1.97. The van der Waals surface area contributed by atoms with Gasteiger partial charge in [0, 0.05) is 19.2 Å². The quantitative estimate of drug-likeness (QED) is 0.810. The third-order valence-corrected chi connectivity index (χ3v) is 2.86. The molecule has 1 aromatic carbocycles. The van der Waals surface area contributed by atoms with Crippen LogP contribution in [0.4, 0.5) is 0 Å². The number of nitrogens with zero attached hydrogens (tertiary/aromatic N) is 3.